The Morgan fingerprint density at radius 2 is 2.42 bits per heavy atom. The van der Waals surface area contributed by atoms with Gasteiger partial charge in [-0.1, -0.05) is 18.5 Å². The Labute approximate surface area is 70.2 Å². The highest BCUT2D eigenvalue weighted by Gasteiger charge is 2.11. The third-order valence-corrected chi connectivity index (χ3v) is 1.13. The van der Waals surface area contributed by atoms with Crippen LogP contribution in [0, 0.1) is 11.3 Å². The average Bonchev–Trinajstić information content (AvgIpc) is 2.07. The van der Waals surface area contributed by atoms with Crippen molar-refractivity contribution in [3.05, 3.63) is 0 Å². The van der Waals surface area contributed by atoms with Gasteiger partial charge in [0.25, 0.3) is 5.71 Å². The molecule has 0 rings (SSSR count). The third-order valence-electron chi connectivity index (χ3n) is 1.13. The van der Waals surface area contributed by atoms with Crippen molar-refractivity contribution in [3.63, 3.8) is 0 Å². The zero-order valence-corrected chi connectivity index (χ0v) is 6.78. The van der Waals surface area contributed by atoms with Crippen LogP contribution in [0.15, 0.2) is 5.16 Å². The molecular formula is C7H10N2O3. The predicted molar refractivity (Wildman–Crippen MR) is 40.7 cm³/mol. The topological polar surface area (TPSA) is 82.7 Å². The van der Waals surface area contributed by atoms with Crippen molar-refractivity contribution >= 4 is 11.7 Å². The van der Waals surface area contributed by atoms with E-state index in [-0.39, 0.29) is 6.61 Å². The molecule has 0 saturated heterocycles. The summed E-state index contributed by atoms with van der Waals surface area (Å²) in [4.78, 5) is 10.7. The molecule has 0 aromatic rings. The summed E-state index contributed by atoms with van der Waals surface area (Å²) in [5.74, 6) is -0.881. The molecule has 0 aromatic heterocycles. The molecule has 0 aliphatic rings. The van der Waals surface area contributed by atoms with Crippen LogP contribution >= 0.6 is 0 Å². The molecule has 0 atom stereocenters. The number of ether oxygens (including phenoxy) is 1. The fourth-order valence-corrected chi connectivity index (χ4v) is 0.486. The number of nitrogens with zero attached hydrogens (tertiary/aromatic N) is 2. The number of carbonyl (C=O) groups is 1. The molecule has 1 N–H and O–H groups in total. The van der Waals surface area contributed by atoms with Gasteiger partial charge in [-0.2, -0.15) is 5.26 Å². The van der Waals surface area contributed by atoms with E-state index >= 15 is 0 Å². The summed E-state index contributed by atoms with van der Waals surface area (Å²) in [6.07, 6.45) is 1.63. The summed E-state index contributed by atoms with van der Waals surface area (Å²) in [6.45, 7) is 2.19. The lowest BCUT2D eigenvalue weighted by Gasteiger charge is -1.99. The van der Waals surface area contributed by atoms with Gasteiger partial charge in [0, 0.05) is 0 Å². The van der Waals surface area contributed by atoms with Crippen molar-refractivity contribution in [3.8, 4) is 6.07 Å². The van der Waals surface area contributed by atoms with E-state index in [1.807, 2.05) is 6.92 Å². The van der Waals surface area contributed by atoms with E-state index < -0.39 is 11.7 Å². The van der Waals surface area contributed by atoms with Gasteiger partial charge < -0.3 is 9.94 Å². The van der Waals surface area contributed by atoms with Gasteiger partial charge in [-0.25, -0.2) is 4.79 Å². The second-order valence-corrected chi connectivity index (χ2v) is 2.05. The van der Waals surface area contributed by atoms with Crippen LogP contribution in [0.5, 0.6) is 0 Å². The Hall–Kier alpha value is -1.57. The van der Waals surface area contributed by atoms with Crippen LogP contribution in [0.2, 0.25) is 0 Å². The molecule has 5 nitrogen and oxygen atoms in total. The van der Waals surface area contributed by atoms with Crippen molar-refractivity contribution in [2.45, 2.75) is 19.8 Å². The number of carbonyl (C=O) groups excluding carboxylic acids is 1. The van der Waals surface area contributed by atoms with Crippen LogP contribution in [0.4, 0.5) is 0 Å². The van der Waals surface area contributed by atoms with Crippen LogP contribution in [-0.4, -0.2) is 23.5 Å². The molecule has 0 radical (unpaired) electrons. The summed E-state index contributed by atoms with van der Waals surface area (Å²) in [5.41, 5.74) is -0.619. The van der Waals surface area contributed by atoms with E-state index in [2.05, 4.69) is 9.89 Å². The molecule has 12 heavy (non-hydrogen) atoms. The van der Waals surface area contributed by atoms with Crippen LogP contribution in [0.25, 0.3) is 0 Å². The molecule has 0 saturated carbocycles. The number of esters is 1. The van der Waals surface area contributed by atoms with Crippen molar-refractivity contribution < 1.29 is 14.7 Å². The first-order valence-corrected chi connectivity index (χ1v) is 3.55. The maximum Gasteiger partial charge on any atom is 0.371 e. The third kappa shape index (κ3) is 3.56. The minimum atomic E-state index is -0.881. The molecule has 66 valence electrons. The fourth-order valence-electron chi connectivity index (χ4n) is 0.486. The van der Waals surface area contributed by atoms with E-state index in [0.717, 1.165) is 12.8 Å². The monoisotopic (exact) mass is 170 g/mol. The highest BCUT2D eigenvalue weighted by atomic mass is 16.5. The summed E-state index contributed by atoms with van der Waals surface area (Å²) < 4.78 is 4.57. The Kier molecular flexibility index (Phi) is 5.35. The van der Waals surface area contributed by atoms with Crippen LogP contribution in [0.3, 0.4) is 0 Å². The van der Waals surface area contributed by atoms with Crippen molar-refractivity contribution in [2.24, 2.45) is 5.16 Å². The first-order valence-electron chi connectivity index (χ1n) is 3.55. The van der Waals surface area contributed by atoms with Crippen molar-refractivity contribution in [2.75, 3.05) is 6.61 Å². The van der Waals surface area contributed by atoms with Crippen LogP contribution < -0.4 is 0 Å². The average molecular weight is 170 g/mol. The van der Waals surface area contributed by atoms with E-state index in [4.69, 9.17) is 10.5 Å². The normalized spacial score (nSPS) is 10.5. The number of hydrogen-bond donors (Lipinski definition) is 1. The SMILES string of the molecule is CCCCOC(=O)C(C#N)=NO. The summed E-state index contributed by atoms with van der Waals surface area (Å²) in [5, 5.41) is 18.8. The Morgan fingerprint density at radius 1 is 1.75 bits per heavy atom. The number of hydrogen-bond acceptors (Lipinski definition) is 5. The smallest absolute Gasteiger partial charge is 0.371 e. The van der Waals surface area contributed by atoms with Crippen LogP contribution in [-0.2, 0) is 9.53 Å². The second kappa shape index (κ2) is 6.16. The van der Waals surface area contributed by atoms with Gasteiger partial charge in [0.15, 0.2) is 0 Å². The molecule has 0 heterocycles. The summed E-state index contributed by atoms with van der Waals surface area (Å²) in [7, 11) is 0. The summed E-state index contributed by atoms with van der Waals surface area (Å²) >= 11 is 0. The van der Waals surface area contributed by atoms with Gasteiger partial charge >= 0.3 is 5.97 Å². The lowest BCUT2D eigenvalue weighted by atomic mass is 10.3. The lowest BCUT2D eigenvalue weighted by molar-refractivity contribution is -0.135. The Bertz CT molecular complexity index is 217. The number of oxime groups is 1. The highest BCUT2D eigenvalue weighted by Crippen LogP contribution is 1.90. The molecule has 0 spiro atoms. The van der Waals surface area contributed by atoms with E-state index in [9.17, 15) is 4.79 Å². The second-order valence-electron chi connectivity index (χ2n) is 2.05. The highest BCUT2D eigenvalue weighted by molar-refractivity contribution is 6.42. The van der Waals surface area contributed by atoms with Crippen molar-refractivity contribution in [1.82, 2.24) is 0 Å². The standard InChI is InChI=1S/C7H10N2O3/c1-2-3-4-12-7(10)6(5-8)9-11/h11H,2-4H2,1H3. The number of rotatable bonds is 4. The minimum absolute atomic E-state index is 0.246. The number of unbranched alkanes of at least 4 members (excludes halogenated alkanes) is 1. The van der Waals surface area contributed by atoms with E-state index in [1.54, 1.807) is 0 Å². The van der Waals surface area contributed by atoms with Crippen molar-refractivity contribution in [1.29, 1.82) is 5.26 Å². The quantitative estimate of drug-likeness (QED) is 0.221. The molecule has 0 aliphatic carbocycles. The van der Waals surface area contributed by atoms with Gasteiger partial charge in [0.1, 0.15) is 6.07 Å². The van der Waals surface area contributed by atoms with Gasteiger partial charge in [-0.05, 0) is 6.42 Å². The molecule has 0 bridgehead atoms. The maximum absolute atomic E-state index is 10.7. The van der Waals surface area contributed by atoms with Gasteiger partial charge in [0.2, 0.25) is 0 Å². The van der Waals surface area contributed by atoms with Gasteiger partial charge in [-0.15, -0.1) is 0 Å². The summed E-state index contributed by atoms with van der Waals surface area (Å²) in [6, 6.07) is 1.40. The van der Waals surface area contributed by atoms with E-state index in [1.165, 1.54) is 6.07 Å². The molecule has 5 heteroatoms. The zero-order valence-electron chi connectivity index (χ0n) is 6.78. The Morgan fingerprint density at radius 3 is 2.83 bits per heavy atom. The fraction of sp³-hybridized carbons (Fsp3) is 0.571. The Balaban J connectivity index is 3.81. The largest absolute Gasteiger partial charge is 0.460 e. The first kappa shape index (κ1) is 10.4. The van der Waals surface area contributed by atoms with Gasteiger partial charge in [-0.3, -0.25) is 0 Å². The van der Waals surface area contributed by atoms with Gasteiger partial charge in [0.05, 0.1) is 6.61 Å². The molecule has 0 aromatic carbocycles. The number of nitriles is 1. The molecule has 0 aliphatic heterocycles. The zero-order chi connectivity index (χ0) is 9.40. The molecular weight excluding hydrogens is 160 g/mol. The minimum Gasteiger partial charge on any atom is -0.460 e. The maximum atomic E-state index is 10.7. The first-order chi connectivity index (χ1) is 5.76. The lowest BCUT2D eigenvalue weighted by Crippen LogP contribution is -2.16. The van der Waals surface area contributed by atoms with E-state index in [0.29, 0.717) is 0 Å². The molecule has 0 amide bonds. The molecule has 0 unspecified atom stereocenters. The van der Waals surface area contributed by atoms with Crippen LogP contribution in [0.1, 0.15) is 19.8 Å². The predicted octanol–water partition coefficient (Wildman–Crippen LogP) is 0.683. The molecule has 0 fully saturated rings.